The standard InChI is InChI=1S/C45H30N2OS/c1-3-9-29(10-4-1)30-17-21-34(22-18-30)47(36-24-26-42-39(28-36)37-13-7-8-14-41(37)49-42)35-23-19-31-15-16-32-20-25-40-44(43(32)38(31)27-35)48-45(46-40)33-11-5-2-6-12-33/h1-28,45-46H. The summed E-state index contributed by atoms with van der Waals surface area (Å²) < 4.78 is 9.30. The Bertz CT molecular complexity index is 2670. The average molecular weight is 647 g/mol. The second-order valence-corrected chi connectivity index (χ2v) is 13.7. The minimum atomic E-state index is -0.230. The number of hydrogen-bond donors (Lipinski definition) is 1. The second-order valence-electron chi connectivity index (χ2n) is 12.6. The quantitative estimate of drug-likeness (QED) is 0.188. The molecule has 0 aliphatic carbocycles. The first-order valence-corrected chi connectivity index (χ1v) is 17.4. The van der Waals surface area contributed by atoms with Gasteiger partial charge < -0.3 is 15.0 Å². The van der Waals surface area contributed by atoms with E-state index in [1.54, 1.807) is 0 Å². The summed E-state index contributed by atoms with van der Waals surface area (Å²) in [4.78, 5) is 2.38. The van der Waals surface area contributed by atoms with Crippen molar-refractivity contribution in [2.45, 2.75) is 6.23 Å². The Kier molecular flexibility index (Phi) is 6.42. The summed E-state index contributed by atoms with van der Waals surface area (Å²) in [6.45, 7) is 0. The largest absolute Gasteiger partial charge is 0.464 e. The molecule has 1 N–H and O–H groups in total. The number of nitrogens with one attached hydrogen (secondary N) is 1. The zero-order valence-corrected chi connectivity index (χ0v) is 27.3. The lowest BCUT2D eigenvalue weighted by atomic mass is 9.99. The number of thiophene rings is 1. The van der Waals surface area contributed by atoms with Gasteiger partial charge in [0.15, 0.2) is 12.0 Å². The fraction of sp³-hybridized carbons (Fsp3) is 0.0222. The van der Waals surface area contributed by atoms with Gasteiger partial charge in [-0.2, -0.15) is 0 Å². The molecule has 9 aromatic rings. The monoisotopic (exact) mass is 646 g/mol. The molecule has 0 fully saturated rings. The van der Waals surface area contributed by atoms with Crippen molar-refractivity contribution < 1.29 is 4.74 Å². The van der Waals surface area contributed by atoms with Gasteiger partial charge in [0.05, 0.1) is 5.69 Å². The first kappa shape index (κ1) is 28.0. The third-order valence-corrected chi connectivity index (χ3v) is 10.8. The van der Waals surface area contributed by atoms with Crippen LogP contribution in [0.2, 0.25) is 0 Å². The van der Waals surface area contributed by atoms with Crippen molar-refractivity contribution in [3.05, 3.63) is 175 Å². The van der Waals surface area contributed by atoms with Gasteiger partial charge in [0.1, 0.15) is 0 Å². The maximum Gasteiger partial charge on any atom is 0.196 e. The van der Waals surface area contributed by atoms with Gasteiger partial charge >= 0.3 is 0 Å². The molecule has 1 aliphatic heterocycles. The molecule has 3 nitrogen and oxygen atoms in total. The molecular weight excluding hydrogens is 617 g/mol. The van der Waals surface area contributed by atoms with Crippen LogP contribution in [0.3, 0.4) is 0 Å². The van der Waals surface area contributed by atoms with Crippen LogP contribution < -0.4 is 15.0 Å². The molecule has 10 rings (SSSR count). The minimum absolute atomic E-state index is 0.230. The van der Waals surface area contributed by atoms with Gasteiger partial charge in [0.2, 0.25) is 0 Å². The molecule has 49 heavy (non-hydrogen) atoms. The molecule has 1 atom stereocenters. The molecule has 2 heterocycles. The molecule has 0 saturated carbocycles. The van der Waals surface area contributed by atoms with Crippen molar-refractivity contribution in [3.8, 4) is 16.9 Å². The van der Waals surface area contributed by atoms with Crippen molar-refractivity contribution in [2.24, 2.45) is 0 Å². The lowest BCUT2D eigenvalue weighted by molar-refractivity contribution is 0.263. The third kappa shape index (κ3) is 4.72. The lowest BCUT2D eigenvalue weighted by Crippen LogP contribution is -2.10. The number of anilines is 4. The molecule has 0 bridgehead atoms. The van der Waals surface area contributed by atoms with Gasteiger partial charge in [-0.05, 0) is 81.9 Å². The van der Waals surface area contributed by atoms with Crippen LogP contribution in [0.1, 0.15) is 11.8 Å². The van der Waals surface area contributed by atoms with E-state index < -0.39 is 0 Å². The maximum atomic E-state index is 6.70. The Morgan fingerprint density at radius 2 is 1.10 bits per heavy atom. The third-order valence-electron chi connectivity index (χ3n) is 9.67. The van der Waals surface area contributed by atoms with Gasteiger partial charge in [-0.25, -0.2) is 0 Å². The summed E-state index contributed by atoms with van der Waals surface area (Å²) in [5.41, 5.74) is 7.84. The molecule has 0 spiro atoms. The number of hydrogen-bond acceptors (Lipinski definition) is 4. The smallest absolute Gasteiger partial charge is 0.196 e. The molecule has 4 heteroatoms. The highest BCUT2D eigenvalue weighted by Crippen LogP contribution is 2.47. The Balaban J connectivity index is 1.16. The molecular formula is C45H30N2OS. The predicted molar refractivity (Wildman–Crippen MR) is 208 cm³/mol. The summed E-state index contributed by atoms with van der Waals surface area (Å²) in [5.74, 6) is 0.902. The highest BCUT2D eigenvalue weighted by molar-refractivity contribution is 7.25. The van der Waals surface area contributed by atoms with Crippen molar-refractivity contribution in [1.29, 1.82) is 0 Å². The predicted octanol–water partition coefficient (Wildman–Crippen LogP) is 13.0. The van der Waals surface area contributed by atoms with Crippen LogP contribution in [0, 0.1) is 0 Å². The van der Waals surface area contributed by atoms with E-state index in [2.05, 4.69) is 174 Å². The Morgan fingerprint density at radius 1 is 0.490 bits per heavy atom. The average Bonchev–Trinajstić information content (AvgIpc) is 3.78. The molecule has 0 saturated heterocycles. The van der Waals surface area contributed by atoms with Crippen LogP contribution in [0.25, 0.3) is 52.8 Å². The zero-order chi connectivity index (χ0) is 32.3. The highest BCUT2D eigenvalue weighted by atomic mass is 32.1. The van der Waals surface area contributed by atoms with E-state index in [0.717, 1.165) is 50.2 Å². The van der Waals surface area contributed by atoms with E-state index in [-0.39, 0.29) is 6.23 Å². The zero-order valence-electron chi connectivity index (χ0n) is 26.5. The van der Waals surface area contributed by atoms with E-state index in [1.807, 2.05) is 17.4 Å². The number of fused-ring (bicyclic) bond motifs is 8. The van der Waals surface area contributed by atoms with Crippen molar-refractivity contribution in [1.82, 2.24) is 0 Å². The van der Waals surface area contributed by atoms with Crippen LogP contribution in [-0.2, 0) is 0 Å². The fourth-order valence-electron chi connectivity index (χ4n) is 7.28. The van der Waals surface area contributed by atoms with Crippen molar-refractivity contribution in [2.75, 3.05) is 10.2 Å². The van der Waals surface area contributed by atoms with Gasteiger partial charge in [-0.15, -0.1) is 11.3 Å². The summed E-state index contributed by atoms with van der Waals surface area (Å²) in [7, 11) is 0. The van der Waals surface area contributed by atoms with Crippen molar-refractivity contribution >= 4 is 75.8 Å². The van der Waals surface area contributed by atoms with Gasteiger partial charge in [0, 0.05) is 48.2 Å². The number of benzene rings is 8. The summed E-state index contributed by atoms with van der Waals surface area (Å²) in [6.07, 6.45) is -0.230. The van der Waals surface area contributed by atoms with Gasteiger partial charge in [-0.3, -0.25) is 0 Å². The topological polar surface area (TPSA) is 24.5 Å². The van der Waals surface area contributed by atoms with Gasteiger partial charge in [-0.1, -0.05) is 115 Å². The van der Waals surface area contributed by atoms with Crippen LogP contribution in [-0.4, -0.2) is 0 Å². The molecule has 1 aromatic heterocycles. The Labute approximate surface area is 288 Å². The summed E-state index contributed by atoms with van der Waals surface area (Å²) >= 11 is 1.85. The summed E-state index contributed by atoms with van der Waals surface area (Å²) in [5, 5.41) is 10.8. The number of rotatable bonds is 5. The van der Waals surface area contributed by atoms with Crippen LogP contribution >= 0.6 is 11.3 Å². The second kappa shape index (κ2) is 11.3. The maximum absolute atomic E-state index is 6.70. The molecule has 1 unspecified atom stereocenters. The molecule has 8 aromatic carbocycles. The SMILES string of the molecule is c1ccc(-c2ccc(N(c3ccc4sc5ccccc5c4c3)c3ccc4ccc5ccc6c(c5c4c3)OC(c3ccccc3)N6)cc2)cc1. The highest BCUT2D eigenvalue weighted by Gasteiger charge is 2.26. The van der Waals surface area contributed by atoms with E-state index in [9.17, 15) is 0 Å². The van der Waals surface area contributed by atoms with Crippen LogP contribution in [0.5, 0.6) is 5.75 Å². The first-order chi connectivity index (χ1) is 24.3. The van der Waals surface area contributed by atoms with E-state index in [0.29, 0.717) is 0 Å². The van der Waals surface area contributed by atoms with E-state index >= 15 is 0 Å². The number of nitrogens with zero attached hydrogens (tertiary/aromatic N) is 1. The number of ether oxygens (including phenoxy) is 1. The minimum Gasteiger partial charge on any atom is -0.464 e. The van der Waals surface area contributed by atoms with E-state index in [4.69, 9.17) is 4.74 Å². The lowest BCUT2D eigenvalue weighted by Gasteiger charge is -2.26. The molecule has 0 radical (unpaired) electrons. The normalized spacial score (nSPS) is 13.8. The molecule has 1 aliphatic rings. The Morgan fingerprint density at radius 3 is 1.94 bits per heavy atom. The first-order valence-electron chi connectivity index (χ1n) is 16.6. The van der Waals surface area contributed by atoms with Crippen LogP contribution in [0.4, 0.5) is 22.7 Å². The van der Waals surface area contributed by atoms with Gasteiger partial charge in [0.25, 0.3) is 0 Å². The molecule has 232 valence electrons. The fourth-order valence-corrected chi connectivity index (χ4v) is 8.36. The summed E-state index contributed by atoms with van der Waals surface area (Å²) in [6, 6.07) is 61.0. The van der Waals surface area contributed by atoms with Crippen molar-refractivity contribution in [3.63, 3.8) is 0 Å². The van der Waals surface area contributed by atoms with Crippen LogP contribution in [0.15, 0.2) is 170 Å². The Hall–Kier alpha value is -6.10. The van der Waals surface area contributed by atoms with E-state index in [1.165, 1.54) is 36.7 Å². The molecule has 0 amide bonds.